The highest BCUT2D eigenvalue weighted by molar-refractivity contribution is 6.00. The lowest BCUT2D eigenvalue weighted by Crippen LogP contribution is -2.32. The Hall–Kier alpha value is -2.04. The van der Waals surface area contributed by atoms with Crippen molar-refractivity contribution in [2.45, 2.75) is 32.6 Å². The number of aromatic hydroxyl groups is 1. The highest BCUT2D eigenvalue weighted by atomic mass is 16.3. The van der Waals surface area contributed by atoms with Crippen molar-refractivity contribution in [3.8, 4) is 5.75 Å². The molecule has 5 nitrogen and oxygen atoms in total. The second-order valence-electron chi connectivity index (χ2n) is 6.64. The topological polar surface area (TPSA) is 60.9 Å². The van der Waals surface area contributed by atoms with Crippen molar-refractivity contribution in [3.05, 3.63) is 29.3 Å². The first-order valence-corrected chi connectivity index (χ1v) is 7.85. The van der Waals surface area contributed by atoms with Crippen LogP contribution in [-0.2, 0) is 4.79 Å². The van der Waals surface area contributed by atoms with Crippen LogP contribution < -0.4 is 0 Å². The summed E-state index contributed by atoms with van der Waals surface area (Å²) < 4.78 is 0. The summed E-state index contributed by atoms with van der Waals surface area (Å²) in [5, 5.41) is 10.1. The van der Waals surface area contributed by atoms with Gasteiger partial charge in [-0.2, -0.15) is 0 Å². The zero-order valence-corrected chi connectivity index (χ0v) is 13.1. The van der Waals surface area contributed by atoms with Crippen molar-refractivity contribution in [1.82, 2.24) is 9.80 Å². The Kier molecular flexibility index (Phi) is 3.81. The van der Waals surface area contributed by atoms with Crippen molar-refractivity contribution in [2.75, 3.05) is 19.8 Å². The first-order valence-electron chi connectivity index (χ1n) is 7.85. The number of carbonyl (C=O) groups excluding carboxylic acids is 2. The fourth-order valence-corrected chi connectivity index (χ4v) is 2.76. The van der Waals surface area contributed by atoms with Gasteiger partial charge in [0.2, 0.25) is 5.91 Å². The third-order valence-corrected chi connectivity index (χ3v) is 4.40. The number of hydrogen-bond acceptors (Lipinski definition) is 3. The van der Waals surface area contributed by atoms with Crippen molar-refractivity contribution in [1.29, 1.82) is 0 Å². The second kappa shape index (κ2) is 5.63. The molecule has 1 saturated heterocycles. The van der Waals surface area contributed by atoms with E-state index < -0.39 is 0 Å². The Bertz CT molecular complexity index is 608. The molecule has 2 amide bonds. The van der Waals surface area contributed by atoms with E-state index >= 15 is 0 Å². The Morgan fingerprint density at radius 2 is 2.09 bits per heavy atom. The van der Waals surface area contributed by atoms with E-state index in [1.54, 1.807) is 17.0 Å². The molecule has 2 fully saturated rings. The van der Waals surface area contributed by atoms with Crippen LogP contribution in [0, 0.1) is 5.92 Å². The smallest absolute Gasteiger partial charge is 0.259 e. The molecular formula is C17H22N2O3. The molecule has 1 aromatic rings. The summed E-state index contributed by atoms with van der Waals surface area (Å²) in [6.07, 6.45) is 2.35. The zero-order valence-electron chi connectivity index (χ0n) is 13.1. The molecule has 1 heterocycles. The predicted octanol–water partition coefficient (Wildman–Crippen LogP) is 2.17. The number of hydrogen-bond donors (Lipinski definition) is 1. The van der Waals surface area contributed by atoms with Crippen molar-refractivity contribution >= 4 is 11.8 Å². The Morgan fingerprint density at radius 3 is 2.68 bits per heavy atom. The van der Waals surface area contributed by atoms with Gasteiger partial charge in [-0.25, -0.2) is 0 Å². The quantitative estimate of drug-likeness (QED) is 0.927. The van der Waals surface area contributed by atoms with Crippen LogP contribution in [0.1, 0.15) is 48.5 Å². The Balaban J connectivity index is 1.72. The van der Waals surface area contributed by atoms with E-state index in [1.165, 1.54) is 17.7 Å². The minimum atomic E-state index is -0.278. The molecule has 3 rings (SSSR count). The molecule has 1 aromatic carbocycles. The lowest BCUT2D eigenvalue weighted by Gasteiger charge is -2.18. The van der Waals surface area contributed by atoms with Crippen LogP contribution in [0.4, 0.5) is 0 Å². The standard InChI is InChI=1S/C17H22N2O3/c1-11(2)13-5-6-14(15(20)7-13)17(22)19-9-16(21)18(10-19)8-12-3-4-12/h5-7,11-12,20H,3-4,8-10H2,1-2H3. The van der Waals surface area contributed by atoms with Gasteiger partial charge in [0.05, 0.1) is 12.2 Å². The van der Waals surface area contributed by atoms with E-state index in [4.69, 9.17) is 0 Å². The van der Waals surface area contributed by atoms with Crippen LogP contribution in [0.25, 0.3) is 0 Å². The van der Waals surface area contributed by atoms with Crippen LogP contribution >= 0.6 is 0 Å². The zero-order chi connectivity index (χ0) is 15.9. The molecule has 1 N–H and O–H groups in total. The molecule has 0 unspecified atom stereocenters. The van der Waals surface area contributed by atoms with Gasteiger partial charge >= 0.3 is 0 Å². The predicted molar refractivity (Wildman–Crippen MR) is 82.5 cm³/mol. The monoisotopic (exact) mass is 302 g/mol. The van der Waals surface area contributed by atoms with Crippen LogP contribution in [0.3, 0.4) is 0 Å². The number of amides is 2. The number of phenols is 1. The Labute approximate surface area is 130 Å². The largest absolute Gasteiger partial charge is 0.507 e. The number of nitrogens with zero attached hydrogens (tertiary/aromatic N) is 2. The summed E-state index contributed by atoms with van der Waals surface area (Å²) in [6.45, 7) is 5.26. The van der Waals surface area contributed by atoms with Gasteiger partial charge in [0.25, 0.3) is 5.91 Å². The molecule has 0 bridgehead atoms. The molecule has 1 saturated carbocycles. The molecule has 2 aliphatic rings. The van der Waals surface area contributed by atoms with Gasteiger partial charge in [-0.15, -0.1) is 0 Å². The number of phenolic OH excluding ortho intramolecular Hbond substituents is 1. The first kappa shape index (κ1) is 14.9. The van der Waals surface area contributed by atoms with Crippen molar-refractivity contribution < 1.29 is 14.7 Å². The normalized spacial score (nSPS) is 18.4. The molecule has 0 radical (unpaired) electrons. The fourth-order valence-electron chi connectivity index (χ4n) is 2.76. The van der Waals surface area contributed by atoms with E-state index in [9.17, 15) is 14.7 Å². The summed E-state index contributed by atoms with van der Waals surface area (Å²) in [5.74, 6) is 0.609. The van der Waals surface area contributed by atoms with E-state index in [2.05, 4.69) is 0 Å². The molecule has 1 aliphatic heterocycles. The molecular weight excluding hydrogens is 280 g/mol. The molecule has 118 valence electrons. The van der Waals surface area contributed by atoms with E-state index in [0.29, 0.717) is 12.6 Å². The Morgan fingerprint density at radius 1 is 1.36 bits per heavy atom. The van der Waals surface area contributed by atoms with Gasteiger partial charge in [-0.05, 0) is 42.4 Å². The highest BCUT2D eigenvalue weighted by Gasteiger charge is 2.35. The maximum Gasteiger partial charge on any atom is 0.259 e. The van der Waals surface area contributed by atoms with Gasteiger partial charge in [-0.1, -0.05) is 19.9 Å². The summed E-state index contributed by atoms with van der Waals surface area (Å²) >= 11 is 0. The third kappa shape index (κ3) is 2.93. The van der Waals surface area contributed by atoms with Gasteiger partial charge in [0, 0.05) is 6.54 Å². The van der Waals surface area contributed by atoms with E-state index in [-0.39, 0.29) is 35.6 Å². The average Bonchev–Trinajstić information content (AvgIpc) is 3.21. The number of carbonyl (C=O) groups is 2. The molecule has 22 heavy (non-hydrogen) atoms. The number of rotatable bonds is 4. The van der Waals surface area contributed by atoms with Crippen molar-refractivity contribution in [3.63, 3.8) is 0 Å². The van der Waals surface area contributed by atoms with Gasteiger partial charge in [0.1, 0.15) is 12.3 Å². The molecule has 0 spiro atoms. The third-order valence-electron chi connectivity index (χ3n) is 4.40. The van der Waals surface area contributed by atoms with Crippen LogP contribution in [0.15, 0.2) is 18.2 Å². The molecule has 1 aliphatic carbocycles. The SMILES string of the molecule is CC(C)c1ccc(C(=O)N2CC(=O)N(CC3CC3)C2)c(O)c1. The molecule has 0 atom stereocenters. The molecule has 5 heteroatoms. The van der Waals surface area contributed by atoms with Crippen molar-refractivity contribution in [2.24, 2.45) is 5.92 Å². The first-order chi connectivity index (χ1) is 10.5. The lowest BCUT2D eigenvalue weighted by molar-refractivity contribution is -0.126. The minimum Gasteiger partial charge on any atom is -0.507 e. The minimum absolute atomic E-state index is 0.00135. The fraction of sp³-hybridized carbons (Fsp3) is 0.529. The summed E-state index contributed by atoms with van der Waals surface area (Å²) in [7, 11) is 0. The maximum atomic E-state index is 12.5. The highest BCUT2D eigenvalue weighted by Crippen LogP contribution is 2.31. The van der Waals surface area contributed by atoms with Gasteiger partial charge in [-0.3, -0.25) is 9.59 Å². The second-order valence-corrected chi connectivity index (χ2v) is 6.64. The summed E-state index contributed by atoms with van der Waals surface area (Å²) in [4.78, 5) is 27.8. The van der Waals surface area contributed by atoms with Crippen LogP contribution in [-0.4, -0.2) is 46.5 Å². The van der Waals surface area contributed by atoms with Gasteiger partial charge < -0.3 is 14.9 Å². The van der Waals surface area contributed by atoms with Crippen LogP contribution in [0.5, 0.6) is 5.75 Å². The summed E-state index contributed by atoms with van der Waals surface area (Å²) in [5.41, 5.74) is 1.26. The lowest BCUT2D eigenvalue weighted by atomic mass is 10.0. The van der Waals surface area contributed by atoms with E-state index in [0.717, 1.165) is 12.1 Å². The molecule has 0 aromatic heterocycles. The van der Waals surface area contributed by atoms with Crippen LogP contribution in [0.2, 0.25) is 0 Å². The maximum absolute atomic E-state index is 12.5. The van der Waals surface area contributed by atoms with Gasteiger partial charge in [0.15, 0.2) is 0 Å². The summed E-state index contributed by atoms with van der Waals surface area (Å²) in [6, 6.07) is 5.15. The van der Waals surface area contributed by atoms with E-state index in [1.807, 2.05) is 19.9 Å². The average molecular weight is 302 g/mol. The number of benzene rings is 1.